The molecule has 3 rings (SSSR count). The van der Waals surface area contributed by atoms with Crippen LogP contribution in [-0.4, -0.2) is 37.1 Å². The predicted molar refractivity (Wildman–Crippen MR) is 111 cm³/mol. The number of rotatable bonds is 5. The van der Waals surface area contributed by atoms with Gasteiger partial charge in [0.15, 0.2) is 5.54 Å². The molecule has 2 aromatic rings. The average Bonchev–Trinajstić information content (AvgIpc) is 3.16. The second-order valence-electron chi connectivity index (χ2n) is 6.50. The highest BCUT2D eigenvalue weighted by molar-refractivity contribution is 6.47. The van der Waals surface area contributed by atoms with Crippen LogP contribution in [0.3, 0.4) is 0 Å². The Morgan fingerprint density at radius 3 is 2.45 bits per heavy atom. The first-order chi connectivity index (χ1) is 13.8. The van der Waals surface area contributed by atoms with Crippen LogP contribution in [0.4, 0.5) is 5.69 Å². The first-order valence-corrected chi connectivity index (χ1v) is 9.18. The number of carbonyl (C=O) groups is 3. The van der Waals surface area contributed by atoms with Crippen LogP contribution in [0.5, 0.6) is 0 Å². The molecule has 8 nitrogen and oxygen atoms in total. The minimum atomic E-state index is -1.54. The molecule has 0 saturated carbocycles. The molecule has 0 spiro atoms. The molecule has 0 fully saturated rings. The number of anilines is 1. The van der Waals surface area contributed by atoms with Gasteiger partial charge in [-0.3, -0.25) is 24.7 Å². The molecular weight excluding hydrogens is 394 g/mol. The van der Waals surface area contributed by atoms with Crippen molar-refractivity contribution in [3.63, 3.8) is 0 Å². The number of primary amides is 1. The zero-order chi connectivity index (χ0) is 21.2. The Labute approximate surface area is 172 Å². The lowest BCUT2D eigenvalue weighted by Crippen LogP contribution is -2.58. The zero-order valence-corrected chi connectivity index (χ0v) is 16.6. The summed E-state index contributed by atoms with van der Waals surface area (Å²) >= 11 is 6.21. The fraction of sp³-hybridized carbons (Fsp3) is 0.200. The van der Waals surface area contributed by atoms with E-state index in [1.54, 1.807) is 36.4 Å². The van der Waals surface area contributed by atoms with E-state index in [1.165, 1.54) is 7.05 Å². The summed E-state index contributed by atoms with van der Waals surface area (Å²) < 4.78 is 0. The number of aryl methyl sites for hydroxylation is 1. The van der Waals surface area contributed by atoms with Crippen molar-refractivity contribution in [2.24, 2.45) is 10.7 Å². The van der Waals surface area contributed by atoms with Crippen LogP contribution in [0.25, 0.3) is 0 Å². The number of nitrogens with two attached hydrogens (primary N) is 1. The predicted octanol–water partition coefficient (Wildman–Crippen LogP) is 1.33. The first kappa shape index (κ1) is 20.5. The molecule has 1 atom stereocenters. The number of halogens is 1. The van der Waals surface area contributed by atoms with Gasteiger partial charge in [-0.1, -0.05) is 35.9 Å². The molecule has 29 heavy (non-hydrogen) atoms. The Hall–Kier alpha value is -3.23. The quantitative estimate of drug-likeness (QED) is 0.589. The van der Waals surface area contributed by atoms with Crippen molar-refractivity contribution >= 4 is 40.7 Å². The third-order valence-electron chi connectivity index (χ3n) is 4.76. The van der Waals surface area contributed by atoms with Gasteiger partial charge in [0.05, 0.1) is 17.3 Å². The molecule has 1 aliphatic heterocycles. The molecule has 150 valence electrons. The smallest absolute Gasteiger partial charge is 0.267 e. The standard InChI is InChI=1S/C20H20ClN5O3/c1-11-4-3-5-14(15(11)21)17(27)26-13-8-6-12(7-9-13)20(19(22)29)16(18(28)23-2)24-10-25-20/h3-9,25H,10H2,1-2H3,(H2,22,29)(H,23,28)(H,26,27). The summed E-state index contributed by atoms with van der Waals surface area (Å²) in [5, 5.41) is 8.52. The second kappa shape index (κ2) is 8.02. The molecule has 0 aliphatic carbocycles. The number of hydrogen-bond acceptors (Lipinski definition) is 5. The van der Waals surface area contributed by atoms with Crippen LogP contribution >= 0.6 is 11.6 Å². The summed E-state index contributed by atoms with van der Waals surface area (Å²) in [7, 11) is 1.45. The van der Waals surface area contributed by atoms with E-state index in [4.69, 9.17) is 17.3 Å². The fourth-order valence-electron chi connectivity index (χ4n) is 3.21. The average molecular weight is 414 g/mol. The van der Waals surface area contributed by atoms with Gasteiger partial charge in [-0.25, -0.2) is 0 Å². The third-order valence-corrected chi connectivity index (χ3v) is 5.26. The summed E-state index contributed by atoms with van der Waals surface area (Å²) in [5.74, 6) is -1.61. The van der Waals surface area contributed by atoms with E-state index in [-0.39, 0.29) is 18.3 Å². The van der Waals surface area contributed by atoms with Crippen LogP contribution in [0.15, 0.2) is 47.5 Å². The second-order valence-corrected chi connectivity index (χ2v) is 6.88. The molecule has 1 unspecified atom stereocenters. The number of nitrogens with one attached hydrogen (secondary N) is 3. The molecule has 9 heteroatoms. The molecule has 0 radical (unpaired) electrons. The van der Waals surface area contributed by atoms with E-state index in [0.717, 1.165) is 5.56 Å². The maximum Gasteiger partial charge on any atom is 0.267 e. The fourth-order valence-corrected chi connectivity index (χ4v) is 3.42. The van der Waals surface area contributed by atoms with Crippen LogP contribution in [0, 0.1) is 6.92 Å². The van der Waals surface area contributed by atoms with Crippen LogP contribution in [-0.2, 0) is 15.1 Å². The zero-order valence-electron chi connectivity index (χ0n) is 15.9. The molecule has 5 N–H and O–H groups in total. The van der Waals surface area contributed by atoms with Crippen molar-refractivity contribution in [3.8, 4) is 0 Å². The normalized spacial score (nSPS) is 18.1. The lowest BCUT2D eigenvalue weighted by Gasteiger charge is -2.27. The molecule has 2 aromatic carbocycles. The van der Waals surface area contributed by atoms with E-state index in [2.05, 4.69) is 20.9 Å². The molecule has 0 saturated heterocycles. The van der Waals surface area contributed by atoms with Crippen LogP contribution in [0.1, 0.15) is 21.5 Å². The highest BCUT2D eigenvalue weighted by atomic mass is 35.5. The lowest BCUT2D eigenvalue weighted by molar-refractivity contribution is -0.123. The highest BCUT2D eigenvalue weighted by Gasteiger charge is 2.49. The van der Waals surface area contributed by atoms with Gasteiger partial charge in [0.2, 0.25) is 5.91 Å². The Morgan fingerprint density at radius 1 is 1.14 bits per heavy atom. The van der Waals surface area contributed by atoms with Gasteiger partial charge in [-0.2, -0.15) is 0 Å². The van der Waals surface area contributed by atoms with E-state index < -0.39 is 17.4 Å². The van der Waals surface area contributed by atoms with Crippen molar-refractivity contribution < 1.29 is 14.4 Å². The van der Waals surface area contributed by atoms with Gasteiger partial charge >= 0.3 is 0 Å². The monoisotopic (exact) mass is 413 g/mol. The van der Waals surface area contributed by atoms with Gasteiger partial charge in [0.25, 0.3) is 11.8 Å². The molecule has 1 aliphatic rings. The van der Waals surface area contributed by atoms with Crippen molar-refractivity contribution in [1.29, 1.82) is 0 Å². The highest BCUT2D eigenvalue weighted by Crippen LogP contribution is 2.28. The van der Waals surface area contributed by atoms with Crippen molar-refractivity contribution in [2.45, 2.75) is 12.5 Å². The maximum absolute atomic E-state index is 12.5. The number of benzene rings is 2. The summed E-state index contributed by atoms with van der Waals surface area (Å²) in [6, 6.07) is 11.6. The lowest BCUT2D eigenvalue weighted by atomic mass is 9.84. The number of aliphatic imine (C=N–C) groups is 1. The summed E-state index contributed by atoms with van der Waals surface area (Å²) in [6.07, 6.45) is 0. The topological polar surface area (TPSA) is 126 Å². The van der Waals surface area contributed by atoms with Gasteiger partial charge in [-0.15, -0.1) is 0 Å². The van der Waals surface area contributed by atoms with Gasteiger partial charge in [-0.05, 0) is 36.2 Å². The molecule has 3 amide bonds. The van der Waals surface area contributed by atoms with E-state index in [9.17, 15) is 14.4 Å². The summed E-state index contributed by atoms with van der Waals surface area (Å²) in [6.45, 7) is 1.90. The SMILES string of the molecule is CNC(=O)C1=NCNC1(C(N)=O)c1ccc(NC(=O)c2cccc(C)c2Cl)cc1. The van der Waals surface area contributed by atoms with Gasteiger partial charge < -0.3 is 16.4 Å². The third kappa shape index (κ3) is 3.59. The molecule has 0 bridgehead atoms. The molecule has 1 heterocycles. The molecular formula is C20H20ClN5O3. The van der Waals surface area contributed by atoms with Crippen molar-refractivity contribution in [2.75, 3.05) is 19.0 Å². The van der Waals surface area contributed by atoms with E-state index >= 15 is 0 Å². The van der Waals surface area contributed by atoms with Crippen LogP contribution in [0.2, 0.25) is 5.02 Å². The Bertz CT molecular complexity index is 1020. The number of hydrogen-bond donors (Lipinski definition) is 4. The van der Waals surface area contributed by atoms with Crippen LogP contribution < -0.4 is 21.7 Å². The van der Waals surface area contributed by atoms with Crippen molar-refractivity contribution in [1.82, 2.24) is 10.6 Å². The maximum atomic E-state index is 12.5. The van der Waals surface area contributed by atoms with E-state index in [0.29, 0.717) is 21.8 Å². The van der Waals surface area contributed by atoms with Crippen molar-refractivity contribution in [3.05, 3.63) is 64.2 Å². The molecule has 0 aromatic heterocycles. The Morgan fingerprint density at radius 2 is 1.83 bits per heavy atom. The summed E-state index contributed by atoms with van der Waals surface area (Å²) in [4.78, 5) is 41.1. The minimum absolute atomic E-state index is 0.00386. The largest absolute Gasteiger partial charge is 0.367 e. The minimum Gasteiger partial charge on any atom is -0.367 e. The first-order valence-electron chi connectivity index (χ1n) is 8.80. The van der Waals surface area contributed by atoms with E-state index in [1.807, 2.05) is 13.0 Å². The van der Waals surface area contributed by atoms with Gasteiger partial charge in [0.1, 0.15) is 5.71 Å². The number of carbonyl (C=O) groups excluding carboxylic acids is 3. The summed E-state index contributed by atoms with van der Waals surface area (Å²) in [5.41, 5.74) is 6.17. The number of nitrogens with zero attached hydrogens (tertiary/aromatic N) is 1. The van der Waals surface area contributed by atoms with Gasteiger partial charge in [0, 0.05) is 12.7 Å². The number of amides is 3. The Kier molecular flexibility index (Phi) is 5.67. The Balaban J connectivity index is 1.88.